The molecule has 0 spiro atoms. The van der Waals surface area contributed by atoms with Crippen LogP contribution in [0.15, 0.2) is 30.6 Å². The molecule has 0 aliphatic rings. The quantitative estimate of drug-likeness (QED) is 0.878. The Balaban J connectivity index is 2.27. The van der Waals surface area contributed by atoms with Crippen LogP contribution in [-0.4, -0.2) is 16.7 Å². The number of hydrogen-bond acceptors (Lipinski definition) is 3. The molecule has 0 aliphatic carbocycles. The molecular weight excluding hydrogens is 258 g/mol. The Kier molecular flexibility index (Phi) is 5.45. The van der Waals surface area contributed by atoms with Crippen LogP contribution in [-0.2, 0) is 6.42 Å². The van der Waals surface area contributed by atoms with Crippen molar-refractivity contribution in [2.24, 2.45) is 0 Å². The summed E-state index contributed by atoms with van der Waals surface area (Å²) in [5.41, 5.74) is 6.72. The van der Waals surface area contributed by atoms with Crippen LogP contribution >= 0.6 is 0 Å². The molecule has 0 amide bonds. The largest absolute Gasteiger partial charge is 0.310 e. The van der Waals surface area contributed by atoms with Gasteiger partial charge < -0.3 is 5.32 Å². The van der Waals surface area contributed by atoms with E-state index in [9.17, 15) is 0 Å². The molecule has 21 heavy (non-hydrogen) atoms. The standard InChI is InChI=1S/C18H25N3/c1-5-7-19-18(16-6-8-20-21-12-16)11-17-14(3)9-13(2)10-15(17)4/h6,8-10,12,18-19H,5,7,11H2,1-4H3. The summed E-state index contributed by atoms with van der Waals surface area (Å²) in [5, 5.41) is 11.5. The second-order valence-electron chi connectivity index (χ2n) is 5.76. The zero-order valence-electron chi connectivity index (χ0n) is 13.5. The topological polar surface area (TPSA) is 37.8 Å². The van der Waals surface area contributed by atoms with Gasteiger partial charge in [-0.2, -0.15) is 10.2 Å². The molecule has 2 rings (SSSR count). The van der Waals surface area contributed by atoms with Crippen LogP contribution in [0, 0.1) is 20.8 Å². The Morgan fingerprint density at radius 2 is 1.81 bits per heavy atom. The molecule has 0 aliphatic heterocycles. The fraction of sp³-hybridized carbons (Fsp3) is 0.444. The summed E-state index contributed by atoms with van der Waals surface area (Å²) in [7, 11) is 0. The number of nitrogens with one attached hydrogen (secondary N) is 1. The Bertz CT molecular complexity index is 555. The average molecular weight is 283 g/mol. The zero-order valence-corrected chi connectivity index (χ0v) is 13.5. The fourth-order valence-electron chi connectivity index (χ4n) is 2.87. The third-order valence-corrected chi connectivity index (χ3v) is 3.90. The van der Waals surface area contributed by atoms with Crippen LogP contribution in [0.3, 0.4) is 0 Å². The average Bonchev–Trinajstić information content (AvgIpc) is 2.46. The van der Waals surface area contributed by atoms with E-state index < -0.39 is 0 Å². The minimum absolute atomic E-state index is 0.292. The minimum Gasteiger partial charge on any atom is -0.310 e. The van der Waals surface area contributed by atoms with E-state index in [0.29, 0.717) is 6.04 Å². The van der Waals surface area contributed by atoms with Gasteiger partial charge in [-0.15, -0.1) is 0 Å². The van der Waals surface area contributed by atoms with Crippen LogP contribution in [0.1, 0.15) is 47.2 Å². The van der Waals surface area contributed by atoms with E-state index in [2.05, 4.69) is 61.4 Å². The van der Waals surface area contributed by atoms with Gasteiger partial charge in [-0.1, -0.05) is 24.6 Å². The minimum atomic E-state index is 0.292. The second-order valence-corrected chi connectivity index (χ2v) is 5.76. The third-order valence-electron chi connectivity index (χ3n) is 3.90. The van der Waals surface area contributed by atoms with Gasteiger partial charge in [0.15, 0.2) is 0 Å². The predicted molar refractivity (Wildman–Crippen MR) is 87.4 cm³/mol. The van der Waals surface area contributed by atoms with E-state index in [1.54, 1.807) is 6.20 Å². The predicted octanol–water partition coefficient (Wildman–Crippen LogP) is 3.69. The number of hydrogen-bond donors (Lipinski definition) is 1. The van der Waals surface area contributed by atoms with Crippen molar-refractivity contribution in [3.05, 3.63) is 58.4 Å². The van der Waals surface area contributed by atoms with Gasteiger partial charge in [-0.05, 0) is 68.5 Å². The summed E-state index contributed by atoms with van der Waals surface area (Å²) in [6, 6.07) is 6.88. The van der Waals surface area contributed by atoms with Gasteiger partial charge in [-0.3, -0.25) is 0 Å². The number of rotatable bonds is 6. The second kappa shape index (κ2) is 7.32. The molecular formula is C18H25N3. The summed E-state index contributed by atoms with van der Waals surface area (Å²) < 4.78 is 0. The lowest BCUT2D eigenvalue weighted by atomic mass is 9.92. The Morgan fingerprint density at radius 3 is 2.38 bits per heavy atom. The van der Waals surface area contributed by atoms with Gasteiger partial charge in [0.2, 0.25) is 0 Å². The molecule has 0 saturated carbocycles. The smallest absolute Gasteiger partial charge is 0.0544 e. The Hall–Kier alpha value is -1.74. The third kappa shape index (κ3) is 4.11. The van der Waals surface area contributed by atoms with Gasteiger partial charge in [0, 0.05) is 12.2 Å². The van der Waals surface area contributed by atoms with Crippen molar-refractivity contribution in [1.29, 1.82) is 0 Å². The van der Waals surface area contributed by atoms with Crippen molar-refractivity contribution in [3.63, 3.8) is 0 Å². The molecule has 0 fully saturated rings. The first-order chi connectivity index (χ1) is 10.1. The lowest BCUT2D eigenvalue weighted by Gasteiger charge is -2.21. The highest BCUT2D eigenvalue weighted by Crippen LogP contribution is 2.23. The summed E-state index contributed by atoms with van der Waals surface area (Å²) in [5.74, 6) is 0. The van der Waals surface area contributed by atoms with Crippen LogP contribution < -0.4 is 5.32 Å². The molecule has 112 valence electrons. The van der Waals surface area contributed by atoms with Crippen molar-refractivity contribution in [2.45, 2.75) is 46.6 Å². The first-order valence-corrected chi connectivity index (χ1v) is 7.68. The molecule has 1 N–H and O–H groups in total. The van der Waals surface area contributed by atoms with E-state index in [-0.39, 0.29) is 0 Å². The first-order valence-electron chi connectivity index (χ1n) is 7.68. The van der Waals surface area contributed by atoms with Crippen molar-refractivity contribution < 1.29 is 0 Å². The summed E-state index contributed by atoms with van der Waals surface area (Å²) >= 11 is 0. The van der Waals surface area contributed by atoms with Crippen LogP contribution in [0.5, 0.6) is 0 Å². The highest BCUT2D eigenvalue weighted by Gasteiger charge is 2.15. The maximum atomic E-state index is 4.02. The van der Waals surface area contributed by atoms with Crippen LogP contribution in [0.2, 0.25) is 0 Å². The maximum absolute atomic E-state index is 4.02. The zero-order chi connectivity index (χ0) is 15.2. The highest BCUT2D eigenvalue weighted by molar-refractivity contribution is 5.38. The number of aromatic nitrogens is 2. The van der Waals surface area contributed by atoms with Crippen molar-refractivity contribution in [1.82, 2.24) is 15.5 Å². The molecule has 1 atom stereocenters. The summed E-state index contributed by atoms with van der Waals surface area (Å²) in [6.45, 7) is 9.77. The summed E-state index contributed by atoms with van der Waals surface area (Å²) in [6.07, 6.45) is 5.75. The van der Waals surface area contributed by atoms with Crippen molar-refractivity contribution in [2.75, 3.05) is 6.54 Å². The fourth-order valence-corrected chi connectivity index (χ4v) is 2.87. The number of aryl methyl sites for hydroxylation is 3. The van der Waals surface area contributed by atoms with E-state index >= 15 is 0 Å². The molecule has 1 aromatic heterocycles. The monoisotopic (exact) mass is 283 g/mol. The van der Waals surface area contributed by atoms with E-state index in [4.69, 9.17) is 0 Å². The van der Waals surface area contributed by atoms with E-state index in [1.807, 2.05) is 6.20 Å². The van der Waals surface area contributed by atoms with Gasteiger partial charge in [-0.25, -0.2) is 0 Å². The van der Waals surface area contributed by atoms with Gasteiger partial charge in [0.05, 0.1) is 6.20 Å². The summed E-state index contributed by atoms with van der Waals surface area (Å²) in [4.78, 5) is 0. The van der Waals surface area contributed by atoms with Gasteiger partial charge in [0.1, 0.15) is 0 Å². The van der Waals surface area contributed by atoms with Gasteiger partial charge >= 0.3 is 0 Å². The lowest BCUT2D eigenvalue weighted by Crippen LogP contribution is -2.25. The Morgan fingerprint density at radius 1 is 1.10 bits per heavy atom. The molecule has 0 bridgehead atoms. The van der Waals surface area contributed by atoms with Crippen molar-refractivity contribution in [3.8, 4) is 0 Å². The highest BCUT2D eigenvalue weighted by atomic mass is 15.1. The van der Waals surface area contributed by atoms with Crippen LogP contribution in [0.4, 0.5) is 0 Å². The molecule has 1 heterocycles. The molecule has 3 heteroatoms. The van der Waals surface area contributed by atoms with Gasteiger partial charge in [0.25, 0.3) is 0 Å². The number of benzene rings is 1. The molecule has 0 saturated heterocycles. The molecule has 1 aromatic carbocycles. The molecule has 1 unspecified atom stereocenters. The molecule has 3 nitrogen and oxygen atoms in total. The Labute approximate surface area is 127 Å². The van der Waals surface area contributed by atoms with E-state index in [0.717, 1.165) is 19.4 Å². The maximum Gasteiger partial charge on any atom is 0.0544 e. The van der Waals surface area contributed by atoms with E-state index in [1.165, 1.54) is 27.8 Å². The normalized spacial score (nSPS) is 12.4. The van der Waals surface area contributed by atoms with Crippen LogP contribution in [0.25, 0.3) is 0 Å². The number of nitrogens with zero attached hydrogens (tertiary/aromatic N) is 2. The molecule has 0 radical (unpaired) electrons. The first kappa shape index (κ1) is 15.6. The van der Waals surface area contributed by atoms with Crippen molar-refractivity contribution >= 4 is 0 Å². The lowest BCUT2D eigenvalue weighted by molar-refractivity contribution is 0.525. The molecule has 2 aromatic rings. The SMILES string of the molecule is CCCNC(Cc1c(C)cc(C)cc1C)c1ccnnc1.